The minimum atomic E-state index is -0.0878. The molecule has 0 spiro atoms. The highest BCUT2D eigenvalue weighted by molar-refractivity contribution is 9.13. The van der Waals surface area contributed by atoms with Crippen LogP contribution in [0.4, 0.5) is 0 Å². The Hall–Kier alpha value is -0.650. The summed E-state index contributed by atoms with van der Waals surface area (Å²) in [6, 6.07) is 7.74. The van der Waals surface area contributed by atoms with E-state index in [0.29, 0.717) is 0 Å². The van der Waals surface area contributed by atoms with Crippen LogP contribution in [0, 0.1) is 0 Å². The van der Waals surface area contributed by atoms with Gasteiger partial charge in [0.05, 0.1) is 6.04 Å². The molecule has 17 heavy (non-hydrogen) atoms. The van der Waals surface area contributed by atoms with E-state index in [0.717, 1.165) is 32.4 Å². The smallest absolute Gasteiger partial charge is 0.154 e. The molecule has 90 valence electrons. The third kappa shape index (κ3) is 2.78. The minimum Gasteiger partial charge on any atom is -0.359 e. The fraction of sp³-hybridized carbons (Fsp3) is 0.250. The zero-order valence-electron chi connectivity index (χ0n) is 9.28. The first-order chi connectivity index (χ1) is 8.11. The topological polar surface area (TPSA) is 52.0 Å². The van der Waals surface area contributed by atoms with Gasteiger partial charge in [0.2, 0.25) is 0 Å². The summed E-state index contributed by atoms with van der Waals surface area (Å²) in [5.41, 5.74) is 7.69. The molecule has 1 heterocycles. The molecule has 0 saturated heterocycles. The normalized spacial score (nSPS) is 12.7. The van der Waals surface area contributed by atoms with Crippen molar-refractivity contribution >= 4 is 31.9 Å². The molecule has 0 bridgehead atoms. The van der Waals surface area contributed by atoms with Crippen molar-refractivity contribution in [3.05, 3.63) is 39.0 Å². The van der Waals surface area contributed by atoms with Crippen molar-refractivity contribution in [2.75, 3.05) is 0 Å². The lowest BCUT2D eigenvalue weighted by atomic mass is 10.1. The Labute approximate surface area is 117 Å². The molecule has 0 aliphatic rings. The number of nitrogens with zero attached hydrogens (tertiary/aromatic N) is 1. The minimum absolute atomic E-state index is 0.0878. The molecule has 2 rings (SSSR count). The average Bonchev–Trinajstić information content (AvgIpc) is 2.81. The number of hydrogen-bond acceptors (Lipinski definition) is 3. The van der Waals surface area contributed by atoms with Gasteiger partial charge in [-0.2, -0.15) is 0 Å². The van der Waals surface area contributed by atoms with Gasteiger partial charge in [-0.05, 0) is 50.4 Å². The van der Waals surface area contributed by atoms with Gasteiger partial charge in [-0.25, -0.2) is 0 Å². The lowest BCUT2D eigenvalue weighted by Crippen LogP contribution is -2.06. The van der Waals surface area contributed by atoms with Crippen molar-refractivity contribution in [2.45, 2.75) is 19.4 Å². The Morgan fingerprint density at radius 2 is 2.06 bits per heavy atom. The average molecular weight is 360 g/mol. The van der Waals surface area contributed by atoms with Gasteiger partial charge < -0.3 is 10.3 Å². The van der Waals surface area contributed by atoms with E-state index in [-0.39, 0.29) is 6.04 Å². The predicted molar refractivity (Wildman–Crippen MR) is 74.6 cm³/mol. The standard InChI is InChI=1S/C12H12Br2N2O/c1-2-10(15)12-6-11(16-17-12)7-3-4-8(13)9(14)5-7/h3-6,10H,2,15H2,1H3. The third-order valence-corrected chi connectivity index (χ3v) is 4.43. The fourth-order valence-corrected chi connectivity index (χ4v) is 2.08. The molecule has 3 nitrogen and oxygen atoms in total. The molecule has 1 atom stereocenters. The summed E-state index contributed by atoms with van der Waals surface area (Å²) in [7, 11) is 0. The van der Waals surface area contributed by atoms with Crippen molar-refractivity contribution in [1.29, 1.82) is 0 Å². The van der Waals surface area contributed by atoms with Gasteiger partial charge in [0.25, 0.3) is 0 Å². The van der Waals surface area contributed by atoms with Crippen LogP contribution in [0.5, 0.6) is 0 Å². The highest BCUT2D eigenvalue weighted by Crippen LogP contribution is 2.29. The van der Waals surface area contributed by atoms with Crippen molar-refractivity contribution in [1.82, 2.24) is 5.16 Å². The van der Waals surface area contributed by atoms with Crippen molar-refractivity contribution < 1.29 is 4.52 Å². The first-order valence-electron chi connectivity index (χ1n) is 5.29. The molecule has 2 N–H and O–H groups in total. The first-order valence-corrected chi connectivity index (χ1v) is 6.88. The van der Waals surface area contributed by atoms with E-state index in [9.17, 15) is 0 Å². The summed E-state index contributed by atoms with van der Waals surface area (Å²) < 4.78 is 7.23. The molecule has 0 aliphatic carbocycles. The van der Waals surface area contributed by atoms with Crippen LogP contribution in [-0.4, -0.2) is 5.16 Å². The second-order valence-corrected chi connectivity index (χ2v) is 5.47. The Kier molecular flexibility index (Phi) is 4.01. The van der Waals surface area contributed by atoms with E-state index in [1.165, 1.54) is 0 Å². The van der Waals surface area contributed by atoms with Crippen LogP contribution in [0.15, 0.2) is 37.7 Å². The van der Waals surface area contributed by atoms with Crippen molar-refractivity contribution in [2.24, 2.45) is 5.73 Å². The molecule has 1 aromatic carbocycles. The second-order valence-electron chi connectivity index (χ2n) is 3.76. The lowest BCUT2D eigenvalue weighted by Gasteiger charge is -2.01. The van der Waals surface area contributed by atoms with Crippen LogP contribution in [0.2, 0.25) is 0 Å². The number of halogens is 2. The monoisotopic (exact) mass is 358 g/mol. The molecule has 2 aromatic rings. The van der Waals surface area contributed by atoms with Gasteiger partial charge in [-0.1, -0.05) is 18.1 Å². The highest BCUT2D eigenvalue weighted by atomic mass is 79.9. The van der Waals surface area contributed by atoms with Crippen LogP contribution < -0.4 is 5.73 Å². The van der Waals surface area contributed by atoms with Gasteiger partial charge in [0.15, 0.2) is 5.76 Å². The molecule has 0 fully saturated rings. The van der Waals surface area contributed by atoms with Gasteiger partial charge in [0, 0.05) is 20.6 Å². The fourth-order valence-electron chi connectivity index (χ4n) is 1.46. The number of benzene rings is 1. The Balaban J connectivity index is 2.33. The summed E-state index contributed by atoms with van der Waals surface area (Å²) in [5, 5.41) is 4.04. The van der Waals surface area contributed by atoms with Crippen LogP contribution in [-0.2, 0) is 0 Å². The third-order valence-electron chi connectivity index (χ3n) is 2.55. The van der Waals surface area contributed by atoms with Crippen LogP contribution in [0.3, 0.4) is 0 Å². The first kappa shape index (κ1) is 12.8. The zero-order valence-corrected chi connectivity index (χ0v) is 12.5. The van der Waals surface area contributed by atoms with Crippen LogP contribution in [0.25, 0.3) is 11.3 Å². The van der Waals surface area contributed by atoms with Crippen LogP contribution >= 0.6 is 31.9 Å². The molecule has 0 amide bonds. The van der Waals surface area contributed by atoms with Crippen LogP contribution in [0.1, 0.15) is 25.1 Å². The molecule has 0 radical (unpaired) electrons. The molecule has 0 saturated carbocycles. The van der Waals surface area contributed by atoms with E-state index in [1.807, 2.05) is 31.2 Å². The molecule has 5 heteroatoms. The molecular weight excluding hydrogens is 348 g/mol. The SMILES string of the molecule is CCC(N)c1cc(-c2ccc(Br)c(Br)c2)no1. The lowest BCUT2D eigenvalue weighted by molar-refractivity contribution is 0.360. The highest BCUT2D eigenvalue weighted by Gasteiger charge is 2.12. The van der Waals surface area contributed by atoms with Gasteiger partial charge in [-0.15, -0.1) is 0 Å². The quantitative estimate of drug-likeness (QED) is 0.889. The van der Waals surface area contributed by atoms with E-state index in [4.69, 9.17) is 10.3 Å². The number of aromatic nitrogens is 1. The molecule has 1 aromatic heterocycles. The largest absolute Gasteiger partial charge is 0.359 e. The molecule has 1 unspecified atom stereocenters. The maximum absolute atomic E-state index is 5.89. The summed E-state index contributed by atoms with van der Waals surface area (Å²) in [6.07, 6.45) is 0.832. The molecule has 0 aliphatic heterocycles. The van der Waals surface area contributed by atoms with Gasteiger partial charge >= 0.3 is 0 Å². The Morgan fingerprint density at radius 1 is 1.29 bits per heavy atom. The van der Waals surface area contributed by atoms with Crippen molar-refractivity contribution in [3.63, 3.8) is 0 Å². The summed E-state index contributed by atoms with van der Waals surface area (Å²) in [6.45, 7) is 2.02. The van der Waals surface area contributed by atoms with Crippen molar-refractivity contribution in [3.8, 4) is 11.3 Å². The summed E-state index contributed by atoms with van der Waals surface area (Å²) in [5.74, 6) is 0.724. The predicted octanol–water partition coefficient (Wildman–Crippen LogP) is 4.28. The van der Waals surface area contributed by atoms with E-state index in [1.54, 1.807) is 0 Å². The number of rotatable bonds is 3. The number of nitrogens with two attached hydrogens (primary N) is 1. The maximum atomic E-state index is 5.89. The zero-order chi connectivity index (χ0) is 12.4. The van der Waals surface area contributed by atoms with E-state index in [2.05, 4.69) is 37.0 Å². The summed E-state index contributed by atoms with van der Waals surface area (Å²) >= 11 is 6.89. The van der Waals surface area contributed by atoms with Gasteiger partial charge in [-0.3, -0.25) is 0 Å². The Bertz CT molecular complexity index is 525. The molecular formula is C12H12Br2N2O. The number of hydrogen-bond donors (Lipinski definition) is 1. The van der Waals surface area contributed by atoms with E-state index >= 15 is 0 Å². The maximum Gasteiger partial charge on any atom is 0.154 e. The Morgan fingerprint density at radius 3 is 2.71 bits per heavy atom. The summed E-state index contributed by atoms with van der Waals surface area (Å²) in [4.78, 5) is 0. The van der Waals surface area contributed by atoms with E-state index < -0.39 is 0 Å². The van der Waals surface area contributed by atoms with Gasteiger partial charge in [0.1, 0.15) is 5.69 Å². The second kappa shape index (κ2) is 5.33.